The highest BCUT2D eigenvalue weighted by molar-refractivity contribution is 5.63. The molecule has 0 saturated carbocycles. The van der Waals surface area contributed by atoms with Gasteiger partial charge >= 0.3 is 6.18 Å². The minimum absolute atomic E-state index is 0.000360. The molecule has 0 fully saturated rings. The zero-order chi connectivity index (χ0) is 23.3. The molecule has 3 rings (SSSR count). The van der Waals surface area contributed by atoms with Crippen molar-refractivity contribution in [2.75, 3.05) is 10.6 Å². The molecule has 1 aromatic heterocycles. The van der Waals surface area contributed by atoms with Gasteiger partial charge in [-0.2, -0.15) is 18.2 Å². The Bertz CT molecular complexity index is 1020. The lowest BCUT2D eigenvalue weighted by Crippen LogP contribution is -2.12. The molecule has 1 atom stereocenters. The quantitative estimate of drug-likeness (QED) is 0.382. The van der Waals surface area contributed by atoms with Crippen LogP contribution in [0.2, 0.25) is 0 Å². The molecule has 0 aliphatic heterocycles. The minimum Gasteiger partial charge on any atom is -0.491 e. The van der Waals surface area contributed by atoms with Gasteiger partial charge in [0.1, 0.15) is 17.1 Å². The van der Waals surface area contributed by atoms with Gasteiger partial charge in [0.05, 0.1) is 6.10 Å². The topological polar surface area (TPSA) is 59.1 Å². The number of aromatic nitrogens is 2. The van der Waals surface area contributed by atoms with Gasteiger partial charge in [-0.05, 0) is 68.1 Å². The van der Waals surface area contributed by atoms with E-state index >= 15 is 0 Å². The molecule has 0 saturated heterocycles. The average molecular weight is 445 g/mol. The SMILES string of the molecule is CCC(C)c1ccc(Nc2ncc(C(F)(F)F)c(Nc3ccc(OC(C)C)cc3)n2)cc1. The van der Waals surface area contributed by atoms with Crippen LogP contribution in [0.4, 0.5) is 36.3 Å². The molecule has 0 aliphatic carbocycles. The normalized spacial score (nSPS) is 12.5. The first-order chi connectivity index (χ1) is 15.2. The van der Waals surface area contributed by atoms with Crippen LogP contribution in [-0.2, 0) is 6.18 Å². The number of nitrogens with one attached hydrogen (secondary N) is 2. The molecule has 1 unspecified atom stereocenters. The Morgan fingerprint density at radius 3 is 2.06 bits per heavy atom. The molecule has 5 nitrogen and oxygen atoms in total. The van der Waals surface area contributed by atoms with Crippen LogP contribution in [0.25, 0.3) is 0 Å². The number of ether oxygens (including phenoxy) is 1. The Balaban J connectivity index is 1.83. The summed E-state index contributed by atoms with van der Waals surface area (Å²) < 4.78 is 46.1. The van der Waals surface area contributed by atoms with E-state index in [1.165, 1.54) is 5.56 Å². The second-order valence-corrected chi connectivity index (χ2v) is 7.83. The standard InChI is InChI=1S/C24H27F3N4O/c1-5-16(4)17-6-8-19(9-7-17)30-23-28-14-21(24(25,26)27)22(31-23)29-18-10-12-20(13-11-18)32-15(2)3/h6-16H,5H2,1-4H3,(H2,28,29,30,31). The molecule has 8 heteroatoms. The smallest absolute Gasteiger partial charge is 0.421 e. The lowest BCUT2D eigenvalue weighted by molar-refractivity contribution is -0.137. The van der Waals surface area contributed by atoms with Crippen LogP contribution in [0.1, 0.15) is 51.2 Å². The zero-order valence-corrected chi connectivity index (χ0v) is 18.5. The maximum Gasteiger partial charge on any atom is 0.421 e. The van der Waals surface area contributed by atoms with E-state index in [1.54, 1.807) is 24.3 Å². The minimum atomic E-state index is -4.60. The van der Waals surface area contributed by atoms with E-state index in [0.717, 1.165) is 12.6 Å². The third kappa shape index (κ3) is 6.12. The fraction of sp³-hybridized carbons (Fsp3) is 0.333. The van der Waals surface area contributed by atoms with Gasteiger partial charge in [0, 0.05) is 17.6 Å². The van der Waals surface area contributed by atoms with Crippen LogP contribution in [0.15, 0.2) is 54.7 Å². The first-order valence-corrected chi connectivity index (χ1v) is 10.5. The van der Waals surface area contributed by atoms with Crippen molar-refractivity contribution in [3.05, 3.63) is 65.9 Å². The van der Waals surface area contributed by atoms with Crippen molar-refractivity contribution in [1.82, 2.24) is 9.97 Å². The largest absolute Gasteiger partial charge is 0.491 e. The van der Waals surface area contributed by atoms with Crippen molar-refractivity contribution in [1.29, 1.82) is 0 Å². The lowest BCUT2D eigenvalue weighted by Gasteiger charge is -2.16. The maximum absolute atomic E-state index is 13.5. The number of rotatable bonds is 8. The molecular weight excluding hydrogens is 417 g/mol. The van der Waals surface area contributed by atoms with Gasteiger partial charge in [-0.1, -0.05) is 26.0 Å². The van der Waals surface area contributed by atoms with Crippen molar-refractivity contribution in [2.24, 2.45) is 0 Å². The fourth-order valence-electron chi connectivity index (χ4n) is 3.03. The fourth-order valence-corrected chi connectivity index (χ4v) is 3.03. The Hall–Kier alpha value is -3.29. The number of hydrogen-bond acceptors (Lipinski definition) is 5. The molecule has 0 amide bonds. The van der Waals surface area contributed by atoms with E-state index in [0.29, 0.717) is 23.0 Å². The first kappa shape index (κ1) is 23.4. The second kappa shape index (κ2) is 9.89. The lowest BCUT2D eigenvalue weighted by atomic mass is 9.99. The molecular formula is C24H27F3N4O. The van der Waals surface area contributed by atoms with Crippen LogP contribution >= 0.6 is 0 Å². The Morgan fingerprint density at radius 1 is 0.906 bits per heavy atom. The number of hydrogen-bond donors (Lipinski definition) is 2. The number of benzene rings is 2. The summed E-state index contributed by atoms with van der Waals surface area (Å²) >= 11 is 0. The predicted octanol–water partition coefficient (Wildman–Crippen LogP) is 7.28. The Labute approximate surface area is 186 Å². The number of nitrogens with zero attached hydrogens (tertiary/aromatic N) is 2. The van der Waals surface area contributed by atoms with Gasteiger partial charge in [-0.15, -0.1) is 0 Å². The summed E-state index contributed by atoms with van der Waals surface area (Å²) in [6.07, 6.45) is -2.80. The van der Waals surface area contributed by atoms with Gasteiger partial charge in [0.2, 0.25) is 5.95 Å². The summed E-state index contributed by atoms with van der Waals surface area (Å²) in [5.41, 5.74) is 1.39. The number of anilines is 4. The van der Waals surface area contributed by atoms with Crippen LogP contribution in [0.5, 0.6) is 5.75 Å². The van der Waals surface area contributed by atoms with Crippen molar-refractivity contribution in [3.8, 4) is 5.75 Å². The summed E-state index contributed by atoms with van der Waals surface area (Å²) in [5, 5.41) is 5.72. The predicted molar refractivity (Wildman–Crippen MR) is 121 cm³/mol. The summed E-state index contributed by atoms with van der Waals surface area (Å²) in [6.45, 7) is 8.05. The van der Waals surface area contributed by atoms with E-state index in [2.05, 4.69) is 34.4 Å². The summed E-state index contributed by atoms with van der Waals surface area (Å²) in [4.78, 5) is 7.95. The molecule has 2 N–H and O–H groups in total. The summed E-state index contributed by atoms with van der Waals surface area (Å²) in [5.74, 6) is 0.798. The number of halogens is 3. The third-order valence-electron chi connectivity index (χ3n) is 4.93. The summed E-state index contributed by atoms with van der Waals surface area (Å²) in [7, 11) is 0. The molecule has 0 bridgehead atoms. The Morgan fingerprint density at radius 2 is 1.50 bits per heavy atom. The molecule has 32 heavy (non-hydrogen) atoms. The van der Waals surface area contributed by atoms with Crippen molar-refractivity contribution in [3.63, 3.8) is 0 Å². The summed E-state index contributed by atoms with van der Waals surface area (Å²) in [6, 6.07) is 14.4. The molecule has 0 aliphatic rings. The zero-order valence-electron chi connectivity index (χ0n) is 18.5. The molecule has 0 radical (unpaired) electrons. The van der Waals surface area contributed by atoms with Crippen molar-refractivity contribution >= 4 is 23.1 Å². The van der Waals surface area contributed by atoms with Gasteiger partial charge in [0.15, 0.2) is 0 Å². The molecule has 170 valence electrons. The van der Waals surface area contributed by atoms with Crippen LogP contribution < -0.4 is 15.4 Å². The van der Waals surface area contributed by atoms with Crippen molar-refractivity contribution in [2.45, 2.75) is 52.3 Å². The van der Waals surface area contributed by atoms with Gasteiger partial charge in [-0.3, -0.25) is 0 Å². The number of alkyl halides is 3. The van der Waals surface area contributed by atoms with Crippen LogP contribution in [-0.4, -0.2) is 16.1 Å². The highest BCUT2D eigenvalue weighted by Gasteiger charge is 2.35. The van der Waals surface area contributed by atoms with Gasteiger partial charge < -0.3 is 15.4 Å². The van der Waals surface area contributed by atoms with Crippen LogP contribution in [0, 0.1) is 0 Å². The first-order valence-electron chi connectivity index (χ1n) is 10.5. The highest BCUT2D eigenvalue weighted by atomic mass is 19.4. The van der Waals surface area contributed by atoms with Crippen LogP contribution in [0.3, 0.4) is 0 Å². The van der Waals surface area contributed by atoms with E-state index < -0.39 is 11.7 Å². The Kier molecular flexibility index (Phi) is 7.22. The average Bonchev–Trinajstić information content (AvgIpc) is 2.74. The van der Waals surface area contributed by atoms with Gasteiger partial charge in [0.25, 0.3) is 0 Å². The third-order valence-corrected chi connectivity index (χ3v) is 4.93. The van der Waals surface area contributed by atoms with E-state index in [1.807, 2.05) is 38.1 Å². The molecule has 0 spiro atoms. The molecule has 1 heterocycles. The van der Waals surface area contributed by atoms with Crippen molar-refractivity contribution < 1.29 is 17.9 Å². The monoisotopic (exact) mass is 444 g/mol. The maximum atomic E-state index is 13.5. The second-order valence-electron chi connectivity index (χ2n) is 7.83. The van der Waals surface area contributed by atoms with Gasteiger partial charge in [-0.25, -0.2) is 4.98 Å². The van der Waals surface area contributed by atoms with E-state index in [-0.39, 0.29) is 17.9 Å². The van der Waals surface area contributed by atoms with E-state index in [9.17, 15) is 13.2 Å². The molecule has 3 aromatic rings. The highest BCUT2D eigenvalue weighted by Crippen LogP contribution is 2.35. The van der Waals surface area contributed by atoms with E-state index in [4.69, 9.17) is 4.74 Å². The molecule has 2 aromatic carbocycles.